The molecule has 0 bridgehead atoms. The molecule has 0 aliphatic carbocycles. The fourth-order valence-electron chi connectivity index (χ4n) is 2.27. The van der Waals surface area contributed by atoms with Crippen LogP contribution >= 0.6 is 11.8 Å². The van der Waals surface area contributed by atoms with Gasteiger partial charge in [-0.3, -0.25) is 0 Å². The smallest absolute Gasteiger partial charge is 0.168 e. The lowest BCUT2D eigenvalue weighted by Gasteiger charge is -2.13. The lowest BCUT2D eigenvalue weighted by Crippen LogP contribution is -2.15. The fraction of sp³-hybridized carbons (Fsp3) is 0.357. The van der Waals surface area contributed by atoms with Gasteiger partial charge in [0.15, 0.2) is 5.16 Å². The summed E-state index contributed by atoms with van der Waals surface area (Å²) in [6.07, 6.45) is 6.20. The number of hydrogen-bond donors (Lipinski definition) is 1. The third-order valence-corrected chi connectivity index (χ3v) is 4.66. The van der Waals surface area contributed by atoms with Gasteiger partial charge in [-0.2, -0.15) is 0 Å². The van der Waals surface area contributed by atoms with Crippen LogP contribution < -0.4 is 5.32 Å². The van der Waals surface area contributed by atoms with Gasteiger partial charge in [-0.1, -0.05) is 30.0 Å². The summed E-state index contributed by atoms with van der Waals surface area (Å²) in [5.74, 6) is 0. The number of rotatable bonds is 2. The van der Waals surface area contributed by atoms with Crippen LogP contribution in [-0.4, -0.2) is 21.3 Å². The molecular formula is C14H17N3S. The number of hydrogen-bond acceptors (Lipinski definition) is 3. The number of nitrogens with one attached hydrogen (secondary N) is 1. The maximum Gasteiger partial charge on any atom is 0.168 e. The zero-order valence-electron chi connectivity index (χ0n) is 10.5. The molecule has 1 atom stereocenters. The molecule has 2 aromatic rings. The molecule has 1 aliphatic rings. The maximum absolute atomic E-state index is 4.39. The van der Waals surface area contributed by atoms with E-state index in [0.717, 1.165) is 18.1 Å². The Balaban J connectivity index is 1.70. The summed E-state index contributed by atoms with van der Waals surface area (Å²) in [6, 6.07) is 8.60. The van der Waals surface area contributed by atoms with E-state index in [4.69, 9.17) is 0 Å². The molecule has 0 radical (unpaired) electrons. The average Bonchev–Trinajstić information content (AvgIpc) is 2.68. The van der Waals surface area contributed by atoms with E-state index < -0.39 is 0 Å². The van der Waals surface area contributed by atoms with E-state index in [1.54, 1.807) is 0 Å². The van der Waals surface area contributed by atoms with Crippen molar-refractivity contribution in [3.8, 4) is 0 Å². The molecule has 0 saturated carbocycles. The van der Waals surface area contributed by atoms with Crippen molar-refractivity contribution in [1.82, 2.24) is 9.55 Å². The Hall–Kier alpha value is -1.42. The summed E-state index contributed by atoms with van der Waals surface area (Å²) < 4.78 is 2.09. The summed E-state index contributed by atoms with van der Waals surface area (Å²) in [6.45, 7) is 1.01. The van der Waals surface area contributed by atoms with Crippen LogP contribution in [0.4, 0.5) is 5.69 Å². The first-order valence-electron chi connectivity index (χ1n) is 6.28. The van der Waals surface area contributed by atoms with Crippen LogP contribution in [0, 0.1) is 0 Å². The maximum atomic E-state index is 4.39. The van der Waals surface area contributed by atoms with E-state index in [1.807, 2.05) is 31.2 Å². The van der Waals surface area contributed by atoms with Crippen molar-refractivity contribution in [1.29, 1.82) is 0 Å². The molecule has 0 spiro atoms. The lowest BCUT2D eigenvalue weighted by molar-refractivity contribution is 0.763. The Morgan fingerprint density at radius 3 is 3.11 bits per heavy atom. The standard InChI is InChI=1S/C14H17N3S/c1-17-9-8-15-14(17)18-12-7-6-11-4-2-3-5-13(11)16-10-12/h2-5,8-9,12,16H,6-7,10H2,1H3. The third-order valence-electron chi connectivity index (χ3n) is 3.32. The van der Waals surface area contributed by atoms with Gasteiger partial charge < -0.3 is 9.88 Å². The summed E-state index contributed by atoms with van der Waals surface area (Å²) in [5.41, 5.74) is 2.72. The van der Waals surface area contributed by atoms with E-state index in [0.29, 0.717) is 5.25 Å². The van der Waals surface area contributed by atoms with Crippen LogP contribution in [-0.2, 0) is 13.5 Å². The van der Waals surface area contributed by atoms with E-state index in [9.17, 15) is 0 Å². The minimum Gasteiger partial charge on any atom is -0.384 e. The summed E-state index contributed by atoms with van der Waals surface area (Å²) in [4.78, 5) is 4.39. The third kappa shape index (κ3) is 2.38. The Morgan fingerprint density at radius 2 is 2.28 bits per heavy atom. The van der Waals surface area contributed by atoms with Gasteiger partial charge in [-0.15, -0.1) is 0 Å². The number of imidazole rings is 1. The van der Waals surface area contributed by atoms with Crippen molar-refractivity contribution in [2.24, 2.45) is 7.05 Å². The molecule has 1 aliphatic heterocycles. The van der Waals surface area contributed by atoms with Crippen molar-refractivity contribution in [3.05, 3.63) is 42.2 Å². The minimum absolute atomic E-state index is 0.582. The number of para-hydroxylation sites is 1. The molecule has 1 N–H and O–H groups in total. The molecule has 2 heterocycles. The Labute approximate surface area is 112 Å². The van der Waals surface area contributed by atoms with Crippen LogP contribution in [0.15, 0.2) is 41.8 Å². The Kier molecular flexibility index (Phi) is 3.28. The molecule has 0 fully saturated rings. The van der Waals surface area contributed by atoms with Crippen LogP contribution in [0.2, 0.25) is 0 Å². The van der Waals surface area contributed by atoms with Gasteiger partial charge >= 0.3 is 0 Å². The molecule has 1 aromatic heterocycles. The highest BCUT2D eigenvalue weighted by Gasteiger charge is 2.17. The highest BCUT2D eigenvalue weighted by atomic mass is 32.2. The topological polar surface area (TPSA) is 29.9 Å². The second-order valence-electron chi connectivity index (χ2n) is 4.64. The lowest BCUT2D eigenvalue weighted by atomic mass is 10.1. The fourth-order valence-corrected chi connectivity index (χ4v) is 3.32. The quantitative estimate of drug-likeness (QED) is 0.899. The highest BCUT2D eigenvalue weighted by molar-refractivity contribution is 7.99. The Morgan fingerprint density at radius 1 is 1.39 bits per heavy atom. The molecule has 94 valence electrons. The number of aryl methyl sites for hydroxylation is 2. The summed E-state index contributed by atoms with van der Waals surface area (Å²) >= 11 is 1.87. The molecule has 3 nitrogen and oxygen atoms in total. The van der Waals surface area contributed by atoms with Crippen LogP contribution in [0.5, 0.6) is 0 Å². The van der Waals surface area contributed by atoms with Crippen LogP contribution in [0.25, 0.3) is 0 Å². The first kappa shape index (κ1) is 11.7. The molecule has 0 amide bonds. The summed E-state index contributed by atoms with van der Waals surface area (Å²) in [7, 11) is 2.05. The average molecular weight is 259 g/mol. The van der Waals surface area contributed by atoms with E-state index >= 15 is 0 Å². The minimum atomic E-state index is 0.582. The second kappa shape index (κ2) is 5.06. The largest absolute Gasteiger partial charge is 0.384 e. The first-order valence-corrected chi connectivity index (χ1v) is 7.16. The van der Waals surface area contributed by atoms with Gasteiger partial charge in [-0.25, -0.2) is 4.98 Å². The van der Waals surface area contributed by atoms with Gasteiger partial charge in [0, 0.05) is 36.9 Å². The molecule has 1 aromatic carbocycles. The zero-order chi connectivity index (χ0) is 12.4. The molecule has 3 rings (SSSR count). The molecule has 18 heavy (non-hydrogen) atoms. The summed E-state index contributed by atoms with van der Waals surface area (Å²) in [5, 5.41) is 5.24. The predicted octanol–water partition coefficient (Wildman–Crippen LogP) is 2.94. The molecule has 1 unspecified atom stereocenters. The van der Waals surface area contributed by atoms with Crippen molar-refractivity contribution in [3.63, 3.8) is 0 Å². The number of anilines is 1. The number of fused-ring (bicyclic) bond motifs is 1. The van der Waals surface area contributed by atoms with Gasteiger partial charge in [0.2, 0.25) is 0 Å². The number of aromatic nitrogens is 2. The van der Waals surface area contributed by atoms with E-state index in [-0.39, 0.29) is 0 Å². The van der Waals surface area contributed by atoms with Crippen molar-refractivity contribution in [2.75, 3.05) is 11.9 Å². The van der Waals surface area contributed by atoms with Gasteiger partial charge in [0.1, 0.15) is 0 Å². The predicted molar refractivity (Wildman–Crippen MR) is 76.1 cm³/mol. The van der Waals surface area contributed by atoms with Crippen LogP contribution in [0.1, 0.15) is 12.0 Å². The number of thioether (sulfide) groups is 1. The van der Waals surface area contributed by atoms with Gasteiger partial charge in [0.25, 0.3) is 0 Å². The number of benzene rings is 1. The number of nitrogens with zero attached hydrogens (tertiary/aromatic N) is 2. The first-order chi connectivity index (χ1) is 8.83. The molecule has 0 saturated heterocycles. The van der Waals surface area contributed by atoms with E-state index in [2.05, 4.69) is 39.1 Å². The zero-order valence-corrected chi connectivity index (χ0v) is 11.3. The van der Waals surface area contributed by atoms with Crippen molar-refractivity contribution >= 4 is 17.4 Å². The van der Waals surface area contributed by atoms with Gasteiger partial charge in [-0.05, 0) is 24.5 Å². The second-order valence-corrected chi connectivity index (χ2v) is 5.90. The molecule has 4 heteroatoms. The normalized spacial score (nSPS) is 18.8. The van der Waals surface area contributed by atoms with Crippen molar-refractivity contribution in [2.45, 2.75) is 23.2 Å². The SMILES string of the molecule is Cn1ccnc1SC1CCc2ccccc2NC1. The molecular weight excluding hydrogens is 242 g/mol. The van der Waals surface area contributed by atoms with Crippen molar-refractivity contribution < 1.29 is 0 Å². The Bertz CT molecular complexity index is 508. The monoisotopic (exact) mass is 259 g/mol. The van der Waals surface area contributed by atoms with Gasteiger partial charge in [0.05, 0.1) is 0 Å². The highest BCUT2D eigenvalue weighted by Crippen LogP contribution is 2.29. The van der Waals surface area contributed by atoms with E-state index in [1.165, 1.54) is 17.7 Å². The van der Waals surface area contributed by atoms with Crippen LogP contribution in [0.3, 0.4) is 0 Å².